The van der Waals surface area contributed by atoms with Crippen molar-refractivity contribution in [1.29, 1.82) is 0 Å². The lowest BCUT2D eigenvalue weighted by molar-refractivity contribution is -0.384. The molecule has 0 aliphatic heterocycles. The molecule has 0 aliphatic rings. The summed E-state index contributed by atoms with van der Waals surface area (Å²) in [5, 5.41) is 14.9. The molecule has 0 fully saturated rings. The molecule has 0 amide bonds. The van der Waals surface area contributed by atoms with Crippen LogP contribution >= 0.6 is 0 Å². The van der Waals surface area contributed by atoms with E-state index < -0.39 is 4.92 Å². The highest BCUT2D eigenvalue weighted by atomic mass is 16.6. The fourth-order valence-electron chi connectivity index (χ4n) is 2.92. The van der Waals surface area contributed by atoms with Crippen LogP contribution in [0.1, 0.15) is 11.3 Å². The van der Waals surface area contributed by atoms with Gasteiger partial charge in [0.15, 0.2) is 0 Å². The minimum Gasteiger partial charge on any atom is -0.487 e. The van der Waals surface area contributed by atoms with Crippen LogP contribution in [0.25, 0.3) is 10.9 Å². The van der Waals surface area contributed by atoms with Gasteiger partial charge in [0.25, 0.3) is 5.69 Å². The Morgan fingerprint density at radius 2 is 1.97 bits per heavy atom. The zero-order valence-electron chi connectivity index (χ0n) is 15.6. The van der Waals surface area contributed by atoms with Gasteiger partial charge in [-0.25, -0.2) is 9.97 Å². The van der Waals surface area contributed by atoms with Crippen molar-refractivity contribution >= 4 is 28.1 Å². The molecule has 2 aromatic heterocycles. The largest absolute Gasteiger partial charge is 0.487 e. The standard InChI is InChI=1S/C21H17N5O3/c1-14-10-15(5-8-20(14)29-12-16-4-2-3-9-22-16)25-21-18-11-17(26(27)28)6-7-19(18)23-13-24-21/h2-11,13H,12H2,1H3,(H,23,24,25). The first-order chi connectivity index (χ1) is 14.1. The highest BCUT2D eigenvalue weighted by Crippen LogP contribution is 2.29. The fraction of sp³-hybridized carbons (Fsp3) is 0.0952. The Balaban J connectivity index is 1.56. The number of ether oxygens (including phenoxy) is 1. The molecule has 4 rings (SSSR count). The quantitative estimate of drug-likeness (QED) is 0.382. The van der Waals surface area contributed by atoms with Crippen molar-refractivity contribution < 1.29 is 9.66 Å². The molecule has 29 heavy (non-hydrogen) atoms. The zero-order valence-corrected chi connectivity index (χ0v) is 15.6. The second-order valence-corrected chi connectivity index (χ2v) is 6.40. The van der Waals surface area contributed by atoms with Crippen LogP contribution in [0.4, 0.5) is 17.2 Å². The molecule has 2 heterocycles. The number of rotatable bonds is 6. The second-order valence-electron chi connectivity index (χ2n) is 6.40. The van der Waals surface area contributed by atoms with Crippen LogP contribution in [0.2, 0.25) is 0 Å². The predicted molar refractivity (Wildman–Crippen MR) is 109 cm³/mol. The fourth-order valence-corrected chi connectivity index (χ4v) is 2.92. The van der Waals surface area contributed by atoms with E-state index in [1.54, 1.807) is 12.3 Å². The summed E-state index contributed by atoms with van der Waals surface area (Å²) in [4.78, 5) is 23.3. The summed E-state index contributed by atoms with van der Waals surface area (Å²) in [5.74, 6) is 1.25. The van der Waals surface area contributed by atoms with Crippen molar-refractivity contribution in [3.63, 3.8) is 0 Å². The summed E-state index contributed by atoms with van der Waals surface area (Å²) >= 11 is 0. The molecule has 0 atom stereocenters. The van der Waals surface area contributed by atoms with Gasteiger partial charge < -0.3 is 10.1 Å². The van der Waals surface area contributed by atoms with Gasteiger partial charge in [0.05, 0.1) is 16.1 Å². The van der Waals surface area contributed by atoms with Crippen molar-refractivity contribution in [3.8, 4) is 5.75 Å². The van der Waals surface area contributed by atoms with Crippen LogP contribution in [0.15, 0.2) is 67.1 Å². The van der Waals surface area contributed by atoms with Gasteiger partial charge in [0, 0.05) is 29.4 Å². The van der Waals surface area contributed by atoms with Gasteiger partial charge >= 0.3 is 0 Å². The molecule has 1 N–H and O–H groups in total. The van der Waals surface area contributed by atoms with E-state index in [1.807, 2.05) is 43.3 Å². The molecule has 0 saturated carbocycles. The molecule has 0 radical (unpaired) electrons. The first-order valence-electron chi connectivity index (χ1n) is 8.90. The Kier molecular flexibility index (Phi) is 4.98. The number of pyridine rings is 1. The highest BCUT2D eigenvalue weighted by molar-refractivity contribution is 5.92. The minimum absolute atomic E-state index is 0.00944. The molecule has 0 saturated heterocycles. The number of nitro benzene ring substituents is 1. The van der Waals surface area contributed by atoms with Gasteiger partial charge in [-0.05, 0) is 48.9 Å². The third-order valence-electron chi connectivity index (χ3n) is 4.37. The summed E-state index contributed by atoms with van der Waals surface area (Å²) in [5.41, 5.74) is 3.20. The van der Waals surface area contributed by atoms with E-state index in [4.69, 9.17) is 4.74 Å². The van der Waals surface area contributed by atoms with Crippen LogP contribution < -0.4 is 10.1 Å². The lowest BCUT2D eigenvalue weighted by Crippen LogP contribution is -2.00. The summed E-state index contributed by atoms with van der Waals surface area (Å²) in [6.07, 6.45) is 3.16. The van der Waals surface area contributed by atoms with Crippen molar-refractivity contribution in [2.75, 3.05) is 5.32 Å². The van der Waals surface area contributed by atoms with E-state index in [-0.39, 0.29) is 5.69 Å². The van der Waals surface area contributed by atoms with Crippen LogP contribution in [-0.2, 0) is 6.61 Å². The van der Waals surface area contributed by atoms with Gasteiger partial charge in [-0.15, -0.1) is 0 Å². The van der Waals surface area contributed by atoms with E-state index >= 15 is 0 Å². The number of benzene rings is 2. The predicted octanol–water partition coefficient (Wildman–Crippen LogP) is 4.56. The van der Waals surface area contributed by atoms with E-state index in [0.717, 1.165) is 22.7 Å². The highest BCUT2D eigenvalue weighted by Gasteiger charge is 2.11. The van der Waals surface area contributed by atoms with Gasteiger partial charge in [-0.3, -0.25) is 15.1 Å². The number of non-ortho nitro benzene ring substituents is 1. The van der Waals surface area contributed by atoms with Crippen molar-refractivity contribution in [3.05, 3.63) is 88.5 Å². The lowest BCUT2D eigenvalue weighted by Gasteiger charge is -2.12. The van der Waals surface area contributed by atoms with E-state index in [1.165, 1.54) is 18.5 Å². The molecule has 0 bridgehead atoms. The number of hydrogen-bond donors (Lipinski definition) is 1. The van der Waals surface area contributed by atoms with Gasteiger partial charge in [-0.2, -0.15) is 0 Å². The van der Waals surface area contributed by atoms with E-state index in [9.17, 15) is 10.1 Å². The molecule has 2 aromatic carbocycles. The van der Waals surface area contributed by atoms with Gasteiger partial charge in [0.2, 0.25) is 0 Å². The van der Waals surface area contributed by atoms with Crippen molar-refractivity contribution in [2.24, 2.45) is 0 Å². The van der Waals surface area contributed by atoms with Crippen LogP contribution in [0, 0.1) is 17.0 Å². The van der Waals surface area contributed by atoms with E-state index in [2.05, 4.69) is 20.3 Å². The monoisotopic (exact) mass is 387 g/mol. The Bertz CT molecular complexity index is 1180. The first-order valence-corrected chi connectivity index (χ1v) is 8.90. The number of fused-ring (bicyclic) bond motifs is 1. The maximum absolute atomic E-state index is 11.1. The molecule has 144 valence electrons. The molecule has 0 unspecified atom stereocenters. The third kappa shape index (κ3) is 4.11. The topological polar surface area (TPSA) is 103 Å². The molecule has 0 aliphatic carbocycles. The third-order valence-corrected chi connectivity index (χ3v) is 4.37. The maximum Gasteiger partial charge on any atom is 0.270 e. The number of nitro groups is 1. The first kappa shape index (κ1) is 18.3. The molecule has 8 nitrogen and oxygen atoms in total. The van der Waals surface area contributed by atoms with Crippen molar-refractivity contribution in [2.45, 2.75) is 13.5 Å². The Hall–Kier alpha value is -4.07. The number of nitrogens with one attached hydrogen (secondary N) is 1. The lowest BCUT2D eigenvalue weighted by atomic mass is 10.2. The normalized spacial score (nSPS) is 10.7. The minimum atomic E-state index is -0.436. The number of hydrogen-bond acceptors (Lipinski definition) is 7. The van der Waals surface area contributed by atoms with Gasteiger partial charge in [0.1, 0.15) is 24.5 Å². The molecular weight excluding hydrogens is 370 g/mol. The molecule has 8 heteroatoms. The van der Waals surface area contributed by atoms with Crippen LogP contribution in [0.5, 0.6) is 5.75 Å². The number of aromatic nitrogens is 3. The van der Waals surface area contributed by atoms with Crippen LogP contribution in [-0.4, -0.2) is 19.9 Å². The number of aryl methyl sites for hydroxylation is 1. The Labute approximate surface area is 166 Å². The average molecular weight is 387 g/mol. The second kappa shape index (κ2) is 7.89. The maximum atomic E-state index is 11.1. The Morgan fingerprint density at radius 3 is 2.72 bits per heavy atom. The summed E-state index contributed by atoms with van der Waals surface area (Å²) in [7, 11) is 0. The average Bonchev–Trinajstić information content (AvgIpc) is 2.74. The molecular formula is C21H17N5O3. The molecule has 0 spiro atoms. The van der Waals surface area contributed by atoms with Gasteiger partial charge in [-0.1, -0.05) is 6.07 Å². The van der Waals surface area contributed by atoms with E-state index in [0.29, 0.717) is 23.3 Å². The summed E-state index contributed by atoms with van der Waals surface area (Å²) in [6.45, 7) is 2.33. The smallest absolute Gasteiger partial charge is 0.270 e. The number of anilines is 2. The SMILES string of the molecule is Cc1cc(Nc2ncnc3ccc([N+](=O)[O-])cc23)ccc1OCc1ccccn1. The Morgan fingerprint density at radius 1 is 1.07 bits per heavy atom. The summed E-state index contributed by atoms with van der Waals surface area (Å²) < 4.78 is 5.85. The molecule has 4 aromatic rings. The van der Waals surface area contributed by atoms with Crippen LogP contribution in [0.3, 0.4) is 0 Å². The zero-order chi connectivity index (χ0) is 20.2. The van der Waals surface area contributed by atoms with Crippen molar-refractivity contribution in [1.82, 2.24) is 15.0 Å². The number of nitrogens with zero attached hydrogens (tertiary/aromatic N) is 4. The summed E-state index contributed by atoms with van der Waals surface area (Å²) in [6, 6.07) is 15.9.